The van der Waals surface area contributed by atoms with Gasteiger partial charge in [0.05, 0.1) is 42.8 Å². The molecule has 0 aliphatic carbocycles. The third kappa shape index (κ3) is 8.29. The Bertz CT molecular complexity index is 1690. The van der Waals surface area contributed by atoms with Crippen molar-refractivity contribution in [1.29, 1.82) is 0 Å². The van der Waals surface area contributed by atoms with E-state index >= 15 is 0 Å². The fraction of sp³-hybridized carbons (Fsp3) is 0.440. The van der Waals surface area contributed by atoms with Crippen LogP contribution < -0.4 is 21.9 Å². The number of azide groups is 1. The summed E-state index contributed by atoms with van der Waals surface area (Å²) in [4.78, 5) is 50.9. The van der Waals surface area contributed by atoms with Crippen LogP contribution in [0.3, 0.4) is 0 Å². The van der Waals surface area contributed by atoms with Crippen LogP contribution >= 0.6 is 0 Å². The highest BCUT2D eigenvalue weighted by Gasteiger charge is 2.39. The van der Waals surface area contributed by atoms with Crippen molar-refractivity contribution in [1.82, 2.24) is 30.5 Å². The van der Waals surface area contributed by atoms with Crippen LogP contribution in [0, 0.1) is 0 Å². The molecule has 44 heavy (non-hydrogen) atoms. The van der Waals surface area contributed by atoms with Crippen molar-refractivity contribution in [2.75, 3.05) is 51.8 Å². The standard InChI is InChI=1S/C25H31FN10O7S/c26-44(40,41)18-3-1-15(2-4-18)24(39)36-14-17(34-35-28)11-19(36)22(37)30-6-8-43-10-9-42-7-5-29-12-16-13-31-21-20(16)23(38)33-25(27)32-21/h1-4,13,17,19,29H,5-12,14H2,(H,30,37)(H4,27,31,32,33,38)/t17-,19-/m0/s1. The molecular weight excluding hydrogens is 603 g/mol. The Morgan fingerprint density at radius 2 is 1.89 bits per heavy atom. The van der Waals surface area contributed by atoms with Gasteiger partial charge in [-0.15, -0.1) is 3.89 Å². The van der Waals surface area contributed by atoms with E-state index in [1.54, 1.807) is 6.20 Å². The van der Waals surface area contributed by atoms with E-state index in [0.29, 0.717) is 37.3 Å². The first-order valence-corrected chi connectivity index (χ1v) is 14.9. The fourth-order valence-electron chi connectivity index (χ4n) is 4.68. The second kappa shape index (κ2) is 14.8. The van der Waals surface area contributed by atoms with Gasteiger partial charge in [-0.05, 0) is 41.8 Å². The van der Waals surface area contributed by atoms with Crippen LogP contribution in [0.25, 0.3) is 21.5 Å². The molecule has 1 aliphatic heterocycles. The van der Waals surface area contributed by atoms with Gasteiger partial charge in [0.1, 0.15) is 11.7 Å². The average molecular weight is 635 g/mol. The quantitative estimate of drug-likeness (QED) is 0.0503. The van der Waals surface area contributed by atoms with E-state index in [4.69, 9.17) is 20.7 Å². The molecule has 0 radical (unpaired) electrons. The van der Waals surface area contributed by atoms with Crippen molar-refractivity contribution in [2.45, 2.75) is 29.9 Å². The molecule has 236 valence electrons. The molecular formula is C25H31FN10O7S. The summed E-state index contributed by atoms with van der Waals surface area (Å²) in [5, 5.41) is 9.94. The fourth-order valence-corrected chi connectivity index (χ4v) is 5.14. The number of nitrogens with zero attached hydrogens (tertiary/aromatic N) is 5. The zero-order valence-electron chi connectivity index (χ0n) is 23.4. The smallest absolute Gasteiger partial charge is 0.332 e. The molecule has 4 rings (SSSR count). The van der Waals surface area contributed by atoms with Gasteiger partial charge in [-0.3, -0.25) is 19.4 Å². The topological polar surface area (TPSA) is 250 Å². The molecule has 19 heteroatoms. The number of anilines is 1. The van der Waals surface area contributed by atoms with Gasteiger partial charge in [-0.1, -0.05) is 5.11 Å². The van der Waals surface area contributed by atoms with Gasteiger partial charge < -0.3 is 35.7 Å². The summed E-state index contributed by atoms with van der Waals surface area (Å²) >= 11 is 0. The molecule has 1 saturated heterocycles. The molecule has 2 amide bonds. The first-order valence-electron chi connectivity index (χ1n) is 13.5. The molecule has 17 nitrogen and oxygen atoms in total. The second-order valence-corrected chi connectivity index (χ2v) is 11.1. The lowest BCUT2D eigenvalue weighted by Gasteiger charge is -2.24. The molecule has 0 bridgehead atoms. The van der Waals surface area contributed by atoms with E-state index in [-0.39, 0.29) is 49.8 Å². The second-order valence-electron chi connectivity index (χ2n) is 9.71. The lowest BCUT2D eigenvalue weighted by atomic mass is 10.1. The number of H-pyrrole nitrogens is 2. The Balaban J connectivity index is 1.13. The molecule has 0 spiro atoms. The zero-order chi connectivity index (χ0) is 31.7. The van der Waals surface area contributed by atoms with Crippen LogP contribution in [0.4, 0.5) is 9.83 Å². The number of nitrogens with two attached hydrogens (primary N) is 1. The SMILES string of the molecule is [N-]=[N+]=N[C@H]1C[C@@H](C(=O)NCCOCCOCCNCc2c[nH]c3nc(N)[nH]c(=O)c23)N(C(=O)c2ccc(S(=O)(=O)F)cc2)C1. The first kappa shape index (κ1) is 32.4. The number of aromatic nitrogens is 3. The molecule has 2 aromatic heterocycles. The maximum Gasteiger partial charge on any atom is 0.332 e. The Kier molecular flexibility index (Phi) is 10.9. The predicted molar refractivity (Wildman–Crippen MR) is 155 cm³/mol. The monoisotopic (exact) mass is 634 g/mol. The molecule has 1 aromatic carbocycles. The van der Waals surface area contributed by atoms with Crippen LogP contribution in [0.2, 0.25) is 0 Å². The highest BCUT2D eigenvalue weighted by molar-refractivity contribution is 7.86. The molecule has 0 saturated carbocycles. The highest BCUT2D eigenvalue weighted by Crippen LogP contribution is 2.24. The molecule has 6 N–H and O–H groups in total. The van der Waals surface area contributed by atoms with E-state index in [9.17, 15) is 26.7 Å². The number of likely N-dealkylation sites (tertiary alicyclic amines) is 1. The normalized spacial score (nSPS) is 16.6. The average Bonchev–Trinajstić information content (AvgIpc) is 3.59. The maximum absolute atomic E-state index is 13.2. The van der Waals surface area contributed by atoms with Gasteiger partial charge in [0, 0.05) is 42.9 Å². The number of nitrogen functional groups attached to an aromatic ring is 1. The summed E-state index contributed by atoms with van der Waals surface area (Å²) in [5.41, 5.74) is 15.3. The zero-order valence-corrected chi connectivity index (χ0v) is 24.2. The van der Waals surface area contributed by atoms with Gasteiger partial charge >= 0.3 is 10.2 Å². The van der Waals surface area contributed by atoms with Crippen molar-refractivity contribution < 1.29 is 31.4 Å². The van der Waals surface area contributed by atoms with Crippen LogP contribution in [0.15, 0.2) is 45.3 Å². The summed E-state index contributed by atoms with van der Waals surface area (Å²) in [6.07, 6.45) is 1.79. The van der Waals surface area contributed by atoms with Crippen LogP contribution in [0.1, 0.15) is 22.3 Å². The summed E-state index contributed by atoms with van der Waals surface area (Å²) in [6, 6.07) is 2.65. The van der Waals surface area contributed by atoms with Crippen molar-refractivity contribution >= 4 is 39.0 Å². The summed E-state index contributed by atoms with van der Waals surface area (Å²) in [6.45, 7) is 2.25. The predicted octanol–water partition coefficient (Wildman–Crippen LogP) is 0.324. The molecule has 3 aromatic rings. The van der Waals surface area contributed by atoms with Gasteiger partial charge in [0.15, 0.2) is 0 Å². The Hall–Kier alpha value is -4.55. The maximum atomic E-state index is 13.2. The van der Waals surface area contributed by atoms with Gasteiger partial charge in [-0.25, -0.2) is 0 Å². The number of carbonyl (C=O) groups excluding carboxylic acids is 2. The molecule has 1 fully saturated rings. The number of hydrogen-bond acceptors (Lipinski definition) is 11. The number of benzene rings is 1. The Morgan fingerprint density at radius 1 is 1.18 bits per heavy atom. The lowest BCUT2D eigenvalue weighted by molar-refractivity contribution is -0.125. The van der Waals surface area contributed by atoms with E-state index in [2.05, 4.69) is 35.6 Å². The van der Waals surface area contributed by atoms with Crippen molar-refractivity contribution in [3.63, 3.8) is 0 Å². The third-order valence-electron chi connectivity index (χ3n) is 6.74. The van der Waals surface area contributed by atoms with Crippen LogP contribution in [-0.4, -0.2) is 98.2 Å². The van der Waals surface area contributed by atoms with E-state index in [0.717, 1.165) is 29.8 Å². The van der Waals surface area contributed by atoms with Gasteiger partial charge in [-0.2, -0.15) is 13.4 Å². The van der Waals surface area contributed by atoms with Crippen LogP contribution in [0.5, 0.6) is 0 Å². The lowest BCUT2D eigenvalue weighted by Crippen LogP contribution is -2.46. The number of aromatic amines is 2. The number of halogens is 1. The first-order chi connectivity index (χ1) is 21.1. The molecule has 2 atom stereocenters. The minimum atomic E-state index is -4.93. The van der Waals surface area contributed by atoms with Crippen LogP contribution in [-0.2, 0) is 31.0 Å². The Morgan fingerprint density at radius 3 is 2.57 bits per heavy atom. The van der Waals surface area contributed by atoms with Gasteiger partial charge in [0.25, 0.3) is 11.5 Å². The van der Waals surface area contributed by atoms with E-state index in [1.807, 2.05) is 0 Å². The van der Waals surface area contributed by atoms with Crippen molar-refractivity contribution in [2.24, 2.45) is 5.11 Å². The number of amides is 2. The largest absolute Gasteiger partial charge is 0.378 e. The van der Waals surface area contributed by atoms with E-state index < -0.39 is 39.0 Å². The number of fused-ring (bicyclic) bond motifs is 1. The number of ether oxygens (including phenoxy) is 2. The molecule has 0 unspecified atom stereocenters. The summed E-state index contributed by atoms with van der Waals surface area (Å²) in [5.74, 6) is -1.03. The summed E-state index contributed by atoms with van der Waals surface area (Å²) < 4.78 is 46.3. The van der Waals surface area contributed by atoms with Gasteiger partial charge in [0.2, 0.25) is 11.9 Å². The van der Waals surface area contributed by atoms with E-state index in [1.165, 1.54) is 4.90 Å². The number of rotatable bonds is 15. The minimum Gasteiger partial charge on any atom is -0.378 e. The molecule has 3 heterocycles. The summed E-state index contributed by atoms with van der Waals surface area (Å²) in [7, 11) is -4.93. The highest BCUT2D eigenvalue weighted by atomic mass is 32.3. The Labute approximate surface area is 250 Å². The van der Waals surface area contributed by atoms with Crippen molar-refractivity contribution in [3.8, 4) is 0 Å². The third-order valence-corrected chi connectivity index (χ3v) is 7.57. The number of hydrogen-bond donors (Lipinski definition) is 5. The number of carbonyl (C=O) groups is 2. The minimum absolute atomic E-state index is 0.0146. The number of nitrogens with one attached hydrogen (secondary N) is 4. The van der Waals surface area contributed by atoms with Crippen molar-refractivity contribution in [3.05, 3.63) is 62.4 Å². The molecule has 1 aliphatic rings.